The van der Waals surface area contributed by atoms with Gasteiger partial charge in [0.05, 0.1) is 4.90 Å². The topological polar surface area (TPSA) is 37.3 Å². The van der Waals surface area contributed by atoms with Crippen molar-refractivity contribution in [3.05, 3.63) is 29.3 Å². The van der Waals surface area contributed by atoms with Gasteiger partial charge in [0.1, 0.15) is 0 Å². The van der Waals surface area contributed by atoms with Crippen LogP contribution in [-0.2, 0) is 23.9 Å². The second-order valence-electron chi connectivity index (χ2n) is 3.00. The molecule has 0 saturated carbocycles. The van der Waals surface area contributed by atoms with E-state index in [1.54, 1.807) is 6.07 Å². The molecule has 0 aromatic heterocycles. The fourth-order valence-corrected chi connectivity index (χ4v) is 2.39. The zero-order valence-corrected chi connectivity index (χ0v) is 7.43. The molecule has 0 aliphatic heterocycles. The normalized spacial score (nSPS) is 17.4. The Morgan fingerprint density at radius 2 is 2.17 bits per heavy atom. The molecule has 2 nitrogen and oxygen atoms in total. The van der Waals surface area contributed by atoms with Gasteiger partial charge >= 0.3 is 0 Å². The Labute approximate surface area is 73.9 Å². The van der Waals surface area contributed by atoms with Crippen molar-refractivity contribution in [1.29, 1.82) is 0 Å². The van der Waals surface area contributed by atoms with E-state index < -0.39 is 11.1 Å². The Kier molecular flexibility index (Phi) is 1.98. The van der Waals surface area contributed by atoms with Crippen molar-refractivity contribution in [1.82, 2.24) is 0 Å². The summed E-state index contributed by atoms with van der Waals surface area (Å²) in [6.07, 6.45) is 3.13. The largest absolute Gasteiger partial charge is 0.302 e. The van der Waals surface area contributed by atoms with Gasteiger partial charge in [-0.1, -0.05) is 12.1 Å². The molecular formula is C9H10O2S. The van der Waals surface area contributed by atoms with Gasteiger partial charge in [-0.05, 0) is 36.5 Å². The molecule has 0 amide bonds. The van der Waals surface area contributed by atoms with Gasteiger partial charge in [0.15, 0.2) is 11.1 Å². The summed E-state index contributed by atoms with van der Waals surface area (Å²) in [5.74, 6) is 0. The number of fused-ring (bicyclic) bond motifs is 1. The summed E-state index contributed by atoms with van der Waals surface area (Å²) in [7, 11) is 0. The smallest absolute Gasteiger partial charge is 0.186 e. The fraction of sp³-hybridized carbons (Fsp3) is 0.333. The summed E-state index contributed by atoms with van der Waals surface area (Å²) < 4.78 is 19.8. The van der Waals surface area contributed by atoms with E-state index >= 15 is 0 Å². The van der Waals surface area contributed by atoms with Crippen molar-refractivity contribution >= 4 is 11.1 Å². The molecule has 64 valence electrons. The molecule has 3 heteroatoms. The minimum absolute atomic E-state index is 0.602. The standard InChI is InChI=1S/C9H10O2S/c10-12(11)9-6-2-4-7-3-1-5-8(7)9/h2,4,6H,1,3,5H2,(H,10,11). The highest BCUT2D eigenvalue weighted by Gasteiger charge is 2.16. The van der Waals surface area contributed by atoms with E-state index in [0.717, 1.165) is 24.8 Å². The van der Waals surface area contributed by atoms with Crippen molar-refractivity contribution in [3.63, 3.8) is 0 Å². The Balaban J connectivity index is 2.56. The molecule has 2 rings (SSSR count). The lowest BCUT2D eigenvalue weighted by Crippen LogP contribution is -1.94. The minimum atomic E-state index is -1.81. The molecule has 1 aromatic carbocycles. The third-order valence-electron chi connectivity index (χ3n) is 2.29. The molecule has 0 fully saturated rings. The maximum atomic E-state index is 10.9. The van der Waals surface area contributed by atoms with Crippen LogP contribution in [0.5, 0.6) is 0 Å². The average Bonchev–Trinajstić information content (AvgIpc) is 2.49. The Hall–Kier alpha value is -0.670. The van der Waals surface area contributed by atoms with E-state index in [1.807, 2.05) is 12.1 Å². The molecule has 0 bridgehead atoms. The van der Waals surface area contributed by atoms with Crippen molar-refractivity contribution in [3.8, 4) is 0 Å². The fourth-order valence-electron chi connectivity index (χ4n) is 1.75. The van der Waals surface area contributed by atoms with Crippen LogP contribution in [-0.4, -0.2) is 8.76 Å². The first-order chi connectivity index (χ1) is 5.79. The average molecular weight is 182 g/mol. The highest BCUT2D eigenvalue weighted by molar-refractivity contribution is 7.79. The van der Waals surface area contributed by atoms with Gasteiger partial charge in [-0.3, -0.25) is 0 Å². The number of hydrogen-bond acceptors (Lipinski definition) is 1. The predicted octanol–water partition coefficient (Wildman–Crippen LogP) is 1.76. The van der Waals surface area contributed by atoms with Crippen molar-refractivity contribution in [2.45, 2.75) is 24.2 Å². The highest BCUT2D eigenvalue weighted by Crippen LogP contribution is 2.26. The van der Waals surface area contributed by atoms with Crippen LogP contribution >= 0.6 is 0 Å². The third kappa shape index (κ3) is 1.19. The molecule has 0 saturated heterocycles. The Morgan fingerprint density at radius 3 is 2.92 bits per heavy atom. The monoisotopic (exact) mass is 182 g/mol. The lowest BCUT2D eigenvalue weighted by atomic mass is 10.1. The van der Waals surface area contributed by atoms with E-state index in [-0.39, 0.29) is 0 Å². The summed E-state index contributed by atoms with van der Waals surface area (Å²) in [6.45, 7) is 0. The first-order valence-corrected chi connectivity index (χ1v) is 5.11. The van der Waals surface area contributed by atoms with E-state index in [4.69, 9.17) is 4.55 Å². The van der Waals surface area contributed by atoms with Crippen molar-refractivity contribution in [2.75, 3.05) is 0 Å². The minimum Gasteiger partial charge on any atom is -0.302 e. The maximum absolute atomic E-state index is 10.9. The lowest BCUT2D eigenvalue weighted by Gasteiger charge is -2.02. The van der Waals surface area contributed by atoms with E-state index in [0.29, 0.717) is 4.90 Å². The van der Waals surface area contributed by atoms with Crippen LogP contribution in [0.2, 0.25) is 0 Å². The second kappa shape index (κ2) is 2.99. The van der Waals surface area contributed by atoms with E-state index in [1.165, 1.54) is 5.56 Å². The molecule has 0 heterocycles. The molecule has 1 unspecified atom stereocenters. The molecule has 1 aromatic rings. The second-order valence-corrected chi connectivity index (χ2v) is 3.93. The van der Waals surface area contributed by atoms with E-state index in [2.05, 4.69) is 0 Å². The molecule has 1 atom stereocenters. The molecule has 1 N–H and O–H groups in total. The molecule has 0 spiro atoms. The molecule has 0 radical (unpaired) electrons. The number of benzene rings is 1. The number of aryl methyl sites for hydroxylation is 1. The maximum Gasteiger partial charge on any atom is 0.186 e. The third-order valence-corrected chi connectivity index (χ3v) is 3.05. The summed E-state index contributed by atoms with van der Waals surface area (Å²) >= 11 is -1.81. The van der Waals surface area contributed by atoms with Gasteiger partial charge in [-0.15, -0.1) is 0 Å². The zero-order valence-electron chi connectivity index (χ0n) is 6.62. The zero-order chi connectivity index (χ0) is 8.55. The number of hydrogen-bond donors (Lipinski definition) is 1. The van der Waals surface area contributed by atoms with Gasteiger partial charge in [-0.25, -0.2) is 4.21 Å². The molecular weight excluding hydrogens is 172 g/mol. The van der Waals surface area contributed by atoms with Gasteiger partial charge in [-0.2, -0.15) is 0 Å². The van der Waals surface area contributed by atoms with Crippen LogP contribution in [0.25, 0.3) is 0 Å². The molecule has 12 heavy (non-hydrogen) atoms. The van der Waals surface area contributed by atoms with Crippen LogP contribution in [0, 0.1) is 0 Å². The molecule has 1 aliphatic rings. The lowest BCUT2D eigenvalue weighted by molar-refractivity contribution is 0.563. The summed E-state index contributed by atoms with van der Waals surface area (Å²) in [4.78, 5) is 0.602. The van der Waals surface area contributed by atoms with Gasteiger partial charge < -0.3 is 4.55 Å². The van der Waals surface area contributed by atoms with Crippen LogP contribution < -0.4 is 0 Å². The Bertz CT molecular complexity index is 333. The summed E-state index contributed by atoms with van der Waals surface area (Å²) in [5, 5.41) is 0. The quantitative estimate of drug-likeness (QED) is 0.672. The summed E-state index contributed by atoms with van der Waals surface area (Å²) in [6, 6.07) is 5.63. The van der Waals surface area contributed by atoms with E-state index in [9.17, 15) is 4.21 Å². The Morgan fingerprint density at radius 1 is 1.33 bits per heavy atom. The SMILES string of the molecule is O=S(O)c1cccc2c1CCC2. The first-order valence-electron chi connectivity index (χ1n) is 4.00. The van der Waals surface area contributed by atoms with Crippen molar-refractivity contribution in [2.24, 2.45) is 0 Å². The van der Waals surface area contributed by atoms with Crippen molar-refractivity contribution < 1.29 is 8.76 Å². The number of rotatable bonds is 1. The van der Waals surface area contributed by atoms with Crippen LogP contribution in [0.3, 0.4) is 0 Å². The first kappa shape index (κ1) is 7.95. The van der Waals surface area contributed by atoms with Crippen LogP contribution in [0.4, 0.5) is 0 Å². The predicted molar refractivity (Wildman–Crippen MR) is 47.5 cm³/mol. The van der Waals surface area contributed by atoms with Crippen LogP contribution in [0.15, 0.2) is 23.1 Å². The van der Waals surface area contributed by atoms with Gasteiger partial charge in [0, 0.05) is 0 Å². The molecule has 1 aliphatic carbocycles. The summed E-state index contributed by atoms with van der Waals surface area (Å²) in [5.41, 5.74) is 2.34. The van der Waals surface area contributed by atoms with Crippen LogP contribution in [0.1, 0.15) is 17.5 Å². The highest BCUT2D eigenvalue weighted by atomic mass is 32.2. The van der Waals surface area contributed by atoms with Gasteiger partial charge in [0.2, 0.25) is 0 Å². The van der Waals surface area contributed by atoms with Gasteiger partial charge in [0.25, 0.3) is 0 Å².